The Kier molecular flexibility index (Phi) is 4.25. The minimum Gasteiger partial charge on any atom is -0.339 e. The van der Waals surface area contributed by atoms with E-state index in [0.717, 1.165) is 11.0 Å². The molecule has 142 valence electrons. The normalized spacial score (nSPS) is 21.3. The second kappa shape index (κ2) is 6.61. The van der Waals surface area contributed by atoms with Crippen LogP contribution >= 0.6 is 0 Å². The van der Waals surface area contributed by atoms with Gasteiger partial charge in [-0.25, -0.2) is 9.59 Å². The van der Waals surface area contributed by atoms with Crippen LogP contribution in [0.25, 0.3) is 11.0 Å². The van der Waals surface area contributed by atoms with Crippen LogP contribution in [0.1, 0.15) is 32.7 Å². The lowest BCUT2D eigenvalue weighted by Crippen LogP contribution is -2.51. The van der Waals surface area contributed by atoms with Gasteiger partial charge in [-0.05, 0) is 38.8 Å². The summed E-state index contributed by atoms with van der Waals surface area (Å²) in [4.78, 5) is 41.6. The van der Waals surface area contributed by atoms with Crippen molar-refractivity contribution in [2.24, 2.45) is 0 Å². The van der Waals surface area contributed by atoms with Crippen molar-refractivity contribution in [2.75, 3.05) is 13.1 Å². The molecule has 3 N–H and O–H groups in total. The topological polar surface area (TPSA) is 99.2 Å². The van der Waals surface area contributed by atoms with Gasteiger partial charge in [0, 0.05) is 24.8 Å². The number of carbonyl (C=O) groups is 2. The SMILES string of the molecule is CC1=C(C(=O)N2CCC(n3c(=O)[nH]c4ccccc43)CC2)C(C)NC(=O)N1. The van der Waals surface area contributed by atoms with Crippen molar-refractivity contribution in [1.82, 2.24) is 25.1 Å². The van der Waals surface area contributed by atoms with Gasteiger partial charge >= 0.3 is 11.7 Å². The van der Waals surface area contributed by atoms with E-state index in [2.05, 4.69) is 15.6 Å². The predicted octanol–water partition coefficient (Wildman–Crippen LogP) is 1.47. The molecule has 0 spiro atoms. The lowest BCUT2D eigenvalue weighted by Gasteiger charge is -2.35. The van der Waals surface area contributed by atoms with Crippen molar-refractivity contribution in [3.63, 3.8) is 0 Å². The fourth-order valence-corrected chi connectivity index (χ4v) is 4.15. The maximum Gasteiger partial charge on any atom is 0.326 e. The van der Waals surface area contributed by atoms with E-state index in [0.29, 0.717) is 37.2 Å². The van der Waals surface area contributed by atoms with E-state index in [1.807, 2.05) is 40.7 Å². The molecule has 1 unspecified atom stereocenters. The Morgan fingerprint density at radius 2 is 1.85 bits per heavy atom. The van der Waals surface area contributed by atoms with E-state index in [4.69, 9.17) is 0 Å². The number of hydrogen-bond donors (Lipinski definition) is 3. The van der Waals surface area contributed by atoms with Crippen LogP contribution < -0.4 is 16.3 Å². The average molecular weight is 369 g/mol. The number of allylic oxidation sites excluding steroid dienone is 1. The quantitative estimate of drug-likeness (QED) is 0.747. The van der Waals surface area contributed by atoms with Crippen molar-refractivity contribution < 1.29 is 9.59 Å². The van der Waals surface area contributed by atoms with Gasteiger partial charge in [0.15, 0.2) is 0 Å². The highest BCUT2D eigenvalue weighted by Gasteiger charge is 2.32. The van der Waals surface area contributed by atoms with Gasteiger partial charge < -0.3 is 20.5 Å². The molecule has 2 aliphatic rings. The number of imidazole rings is 1. The summed E-state index contributed by atoms with van der Waals surface area (Å²) in [6, 6.07) is 7.12. The number of piperidine rings is 1. The van der Waals surface area contributed by atoms with Gasteiger partial charge in [-0.2, -0.15) is 0 Å². The van der Waals surface area contributed by atoms with Crippen LogP contribution in [-0.4, -0.2) is 45.5 Å². The van der Waals surface area contributed by atoms with Crippen molar-refractivity contribution >= 4 is 23.0 Å². The molecule has 1 atom stereocenters. The summed E-state index contributed by atoms with van der Waals surface area (Å²) in [5.41, 5.74) is 2.83. The number of fused-ring (bicyclic) bond motifs is 1. The fraction of sp³-hybridized carbons (Fsp3) is 0.421. The summed E-state index contributed by atoms with van der Waals surface area (Å²) in [6.07, 6.45) is 1.43. The lowest BCUT2D eigenvalue weighted by atomic mass is 9.99. The monoisotopic (exact) mass is 369 g/mol. The van der Waals surface area contributed by atoms with E-state index in [-0.39, 0.29) is 29.7 Å². The molecule has 0 saturated carbocycles. The maximum absolute atomic E-state index is 13.0. The molecule has 1 aromatic heterocycles. The van der Waals surface area contributed by atoms with Gasteiger partial charge in [0.2, 0.25) is 0 Å². The highest BCUT2D eigenvalue weighted by molar-refractivity contribution is 5.98. The minimum atomic E-state index is -0.319. The fourth-order valence-electron chi connectivity index (χ4n) is 4.15. The van der Waals surface area contributed by atoms with Crippen LogP contribution in [0.2, 0.25) is 0 Å². The summed E-state index contributed by atoms with van der Waals surface area (Å²) in [6.45, 7) is 4.72. The van der Waals surface area contributed by atoms with Crippen LogP contribution in [0.3, 0.4) is 0 Å². The number of nitrogens with zero attached hydrogens (tertiary/aromatic N) is 2. The molecule has 0 radical (unpaired) electrons. The number of aromatic nitrogens is 2. The first-order chi connectivity index (χ1) is 13.0. The third-order valence-electron chi connectivity index (χ3n) is 5.46. The van der Waals surface area contributed by atoms with Gasteiger partial charge in [-0.15, -0.1) is 0 Å². The van der Waals surface area contributed by atoms with Crippen molar-refractivity contribution in [2.45, 2.75) is 38.8 Å². The smallest absolute Gasteiger partial charge is 0.326 e. The molecule has 2 aliphatic heterocycles. The Hall–Kier alpha value is -3.03. The number of amides is 3. The molecule has 2 aromatic rings. The second-order valence-electron chi connectivity index (χ2n) is 7.20. The number of benzene rings is 1. The third-order valence-corrected chi connectivity index (χ3v) is 5.46. The molecule has 8 heteroatoms. The number of nitrogens with one attached hydrogen (secondary N) is 3. The molecule has 0 aliphatic carbocycles. The average Bonchev–Trinajstić information content (AvgIpc) is 2.96. The molecule has 4 rings (SSSR count). The highest BCUT2D eigenvalue weighted by atomic mass is 16.2. The van der Waals surface area contributed by atoms with E-state index in [9.17, 15) is 14.4 Å². The highest BCUT2D eigenvalue weighted by Crippen LogP contribution is 2.26. The zero-order chi connectivity index (χ0) is 19.1. The van der Waals surface area contributed by atoms with Crippen molar-refractivity contribution in [3.8, 4) is 0 Å². The number of aromatic amines is 1. The number of likely N-dealkylation sites (tertiary alicyclic amines) is 1. The molecule has 1 saturated heterocycles. The van der Waals surface area contributed by atoms with Gasteiger partial charge in [-0.3, -0.25) is 9.36 Å². The summed E-state index contributed by atoms with van der Waals surface area (Å²) in [5.74, 6) is -0.0581. The van der Waals surface area contributed by atoms with Crippen LogP contribution in [0.5, 0.6) is 0 Å². The first-order valence-corrected chi connectivity index (χ1v) is 9.22. The second-order valence-corrected chi connectivity index (χ2v) is 7.20. The molecule has 0 bridgehead atoms. The summed E-state index contributed by atoms with van der Waals surface area (Å²) in [5, 5.41) is 5.40. The van der Waals surface area contributed by atoms with Crippen LogP contribution in [-0.2, 0) is 4.79 Å². The van der Waals surface area contributed by atoms with E-state index in [1.54, 1.807) is 6.92 Å². The summed E-state index contributed by atoms with van der Waals surface area (Å²) >= 11 is 0. The first kappa shape index (κ1) is 17.4. The largest absolute Gasteiger partial charge is 0.339 e. The molecule has 27 heavy (non-hydrogen) atoms. The molecule has 1 aromatic carbocycles. The minimum absolute atomic E-state index is 0.0581. The number of para-hydroxylation sites is 2. The molecular formula is C19H23N5O3. The van der Waals surface area contributed by atoms with Crippen molar-refractivity contribution in [1.29, 1.82) is 0 Å². The molecule has 1 fully saturated rings. The number of hydrogen-bond acceptors (Lipinski definition) is 3. The van der Waals surface area contributed by atoms with Crippen molar-refractivity contribution in [3.05, 3.63) is 46.0 Å². The third kappa shape index (κ3) is 3.01. The number of urea groups is 1. The van der Waals surface area contributed by atoms with Crippen LogP contribution in [0.15, 0.2) is 40.3 Å². The predicted molar refractivity (Wildman–Crippen MR) is 101 cm³/mol. The Bertz CT molecular complexity index is 994. The maximum atomic E-state index is 13.0. The van der Waals surface area contributed by atoms with Gasteiger partial charge in [0.1, 0.15) is 0 Å². The standard InChI is InChI=1S/C19H23N5O3/c1-11-16(12(2)21-18(26)20-11)17(25)23-9-7-13(8-10-23)24-15-6-4-3-5-14(15)22-19(24)27/h3-6,11,13H,7-10H2,1-2H3,(H,22,27)(H2,20,21,26). The number of H-pyrrole nitrogens is 1. The van der Waals surface area contributed by atoms with Gasteiger partial charge in [-0.1, -0.05) is 12.1 Å². The molecule has 3 heterocycles. The van der Waals surface area contributed by atoms with Crippen LogP contribution in [0, 0.1) is 0 Å². The Balaban J connectivity index is 1.51. The Morgan fingerprint density at radius 3 is 2.56 bits per heavy atom. The van der Waals surface area contributed by atoms with Crippen LogP contribution in [0.4, 0.5) is 4.79 Å². The van der Waals surface area contributed by atoms with Gasteiger partial charge in [0.25, 0.3) is 5.91 Å². The molecule has 8 nitrogen and oxygen atoms in total. The zero-order valence-corrected chi connectivity index (χ0v) is 15.4. The number of rotatable bonds is 2. The zero-order valence-electron chi connectivity index (χ0n) is 15.4. The van der Waals surface area contributed by atoms with E-state index in [1.165, 1.54) is 0 Å². The summed E-state index contributed by atoms with van der Waals surface area (Å²) in [7, 11) is 0. The first-order valence-electron chi connectivity index (χ1n) is 9.22. The Morgan fingerprint density at radius 1 is 1.15 bits per heavy atom. The van der Waals surface area contributed by atoms with E-state index < -0.39 is 0 Å². The Labute approximate surface area is 156 Å². The van der Waals surface area contributed by atoms with E-state index >= 15 is 0 Å². The summed E-state index contributed by atoms with van der Waals surface area (Å²) < 4.78 is 1.81. The number of carbonyl (C=O) groups excluding carboxylic acids is 2. The van der Waals surface area contributed by atoms with Gasteiger partial charge in [0.05, 0.1) is 22.6 Å². The molecular weight excluding hydrogens is 346 g/mol. The lowest BCUT2D eigenvalue weighted by molar-refractivity contribution is -0.128. The molecule has 3 amide bonds.